The molecule has 0 aliphatic carbocycles. The van der Waals surface area contributed by atoms with Crippen molar-refractivity contribution in [1.29, 1.82) is 0 Å². The van der Waals surface area contributed by atoms with Gasteiger partial charge in [-0.1, -0.05) is 12.1 Å². The second-order valence-corrected chi connectivity index (χ2v) is 4.96. The van der Waals surface area contributed by atoms with E-state index in [9.17, 15) is 18.0 Å². The van der Waals surface area contributed by atoms with E-state index < -0.39 is 22.7 Å². The van der Waals surface area contributed by atoms with Gasteiger partial charge in [-0.05, 0) is 19.1 Å². The molecule has 0 aliphatic heterocycles. The van der Waals surface area contributed by atoms with Crippen LogP contribution >= 0.6 is 11.3 Å². The average molecular weight is 317 g/mol. The molecular weight excluding hydrogens is 307 g/mol. The van der Waals surface area contributed by atoms with Crippen molar-refractivity contribution in [1.82, 2.24) is 4.98 Å². The van der Waals surface area contributed by atoms with E-state index in [4.69, 9.17) is 9.84 Å². The van der Waals surface area contributed by atoms with Gasteiger partial charge < -0.3 is 9.84 Å². The molecule has 1 aromatic heterocycles. The van der Waals surface area contributed by atoms with Gasteiger partial charge in [-0.15, -0.1) is 11.3 Å². The number of aromatic carboxylic acids is 1. The third-order valence-electron chi connectivity index (χ3n) is 2.48. The first-order chi connectivity index (χ1) is 9.82. The van der Waals surface area contributed by atoms with Crippen molar-refractivity contribution in [2.75, 3.05) is 6.61 Å². The minimum Gasteiger partial charge on any atom is -0.494 e. The van der Waals surface area contributed by atoms with Crippen LogP contribution < -0.4 is 4.74 Å². The Bertz CT molecular complexity index is 667. The zero-order chi connectivity index (χ0) is 15.6. The fourth-order valence-electron chi connectivity index (χ4n) is 1.67. The van der Waals surface area contributed by atoms with Crippen LogP contribution in [0.15, 0.2) is 24.3 Å². The van der Waals surface area contributed by atoms with Crippen LogP contribution in [0.2, 0.25) is 0 Å². The molecule has 4 nitrogen and oxygen atoms in total. The average Bonchev–Trinajstić information content (AvgIpc) is 2.84. The van der Waals surface area contributed by atoms with Gasteiger partial charge in [0.05, 0.1) is 6.61 Å². The molecule has 2 rings (SSSR count). The number of carboxylic acids is 1. The van der Waals surface area contributed by atoms with Crippen molar-refractivity contribution < 1.29 is 27.8 Å². The van der Waals surface area contributed by atoms with Crippen molar-refractivity contribution in [2.24, 2.45) is 0 Å². The SMILES string of the molecule is CCOc1cccc(-c2nc(C(F)(F)F)c(C(=O)O)s2)c1. The van der Waals surface area contributed by atoms with E-state index in [0.29, 0.717) is 29.3 Å². The highest BCUT2D eigenvalue weighted by Gasteiger charge is 2.39. The molecule has 0 amide bonds. The normalized spacial score (nSPS) is 11.4. The summed E-state index contributed by atoms with van der Waals surface area (Å²) >= 11 is 0.488. The maximum atomic E-state index is 12.8. The summed E-state index contributed by atoms with van der Waals surface area (Å²) in [6.07, 6.45) is -4.81. The van der Waals surface area contributed by atoms with Gasteiger partial charge in [0.25, 0.3) is 0 Å². The van der Waals surface area contributed by atoms with E-state index in [-0.39, 0.29) is 5.01 Å². The summed E-state index contributed by atoms with van der Waals surface area (Å²) in [6.45, 7) is 2.19. The van der Waals surface area contributed by atoms with Gasteiger partial charge >= 0.3 is 12.1 Å². The third kappa shape index (κ3) is 3.33. The molecule has 0 saturated carbocycles. The Morgan fingerprint density at radius 3 is 2.67 bits per heavy atom. The summed E-state index contributed by atoms with van der Waals surface area (Å²) in [5.74, 6) is -1.16. The number of hydrogen-bond donors (Lipinski definition) is 1. The smallest absolute Gasteiger partial charge is 0.435 e. The second kappa shape index (κ2) is 5.72. The Kier molecular flexibility index (Phi) is 4.17. The first kappa shape index (κ1) is 15.3. The van der Waals surface area contributed by atoms with Crippen LogP contribution in [-0.2, 0) is 6.18 Å². The van der Waals surface area contributed by atoms with Crippen LogP contribution in [0.25, 0.3) is 10.6 Å². The molecule has 8 heteroatoms. The van der Waals surface area contributed by atoms with E-state index in [0.717, 1.165) is 0 Å². The van der Waals surface area contributed by atoms with Gasteiger partial charge in [-0.2, -0.15) is 13.2 Å². The lowest BCUT2D eigenvalue weighted by molar-refractivity contribution is -0.141. The molecule has 0 radical (unpaired) electrons. The van der Waals surface area contributed by atoms with Gasteiger partial charge in [0.2, 0.25) is 0 Å². The summed E-state index contributed by atoms with van der Waals surface area (Å²) in [7, 11) is 0. The van der Waals surface area contributed by atoms with Crippen molar-refractivity contribution in [3.63, 3.8) is 0 Å². The van der Waals surface area contributed by atoms with E-state index in [1.54, 1.807) is 25.1 Å². The summed E-state index contributed by atoms with van der Waals surface area (Å²) in [4.78, 5) is 13.5. The van der Waals surface area contributed by atoms with Crippen molar-refractivity contribution in [3.8, 4) is 16.3 Å². The lowest BCUT2D eigenvalue weighted by Crippen LogP contribution is -2.11. The highest BCUT2D eigenvalue weighted by atomic mass is 32.1. The molecular formula is C13H10F3NO3S. The summed E-state index contributed by atoms with van der Waals surface area (Å²) < 4.78 is 43.6. The largest absolute Gasteiger partial charge is 0.494 e. The number of ether oxygens (including phenoxy) is 1. The molecule has 0 spiro atoms. The van der Waals surface area contributed by atoms with Gasteiger partial charge in [0.1, 0.15) is 15.6 Å². The molecule has 21 heavy (non-hydrogen) atoms. The van der Waals surface area contributed by atoms with E-state index in [1.165, 1.54) is 6.07 Å². The Hall–Kier alpha value is -2.09. The molecule has 0 saturated heterocycles. The molecule has 0 bridgehead atoms. The molecule has 0 fully saturated rings. The molecule has 112 valence electrons. The van der Waals surface area contributed by atoms with Gasteiger partial charge in [-0.3, -0.25) is 0 Å². The zero-order valence-electron chi connectivity index (χ0n) is 10.8. The van der Waals surface area contributed by atoms with Gasteiger partial charge in [0.15, 0.2) is 5.69 Å². The number of carboxylic acid groups (broad SMARTS) is 1. The van der Waals surface area contributed by atoms with Crippen LogP contribution in [-0.4, -0.2) is 22.7 Å². The number of hydrogen-bond acceptors (Lipinski definition) is 4. The van der Waals surface area contributed by atoms with Crippen LogP contribution in [0.5, 0.6) is 5.75 Å². The number of rotatable bonds is 4. The highest BCUT2D eigenvalue weighted by molar-refractivity contribution is 7.17. The van der Waals surface area contributed by atoms with E-state index in [2.05, 4.69) is 4.98 Å². The van der Waals surface area contributed by atoms with Crippen LogP contribution in [0.1, 0.15) is 22.3 Å². The van der Waals surface area contributed by atoms with Crippen molar-refractivity contribution in [3.05, 3.63) is 34.8 Å². The molecule has 0 aliphatic rings. The van der Waals surface area contributed by atoms with E-state index >= 15 is 0 Å². The highest BCUT2D eigenvalue weighted by Crippen LogP contribution is 2.38. The summed E-state index contributed by atoms with van der Waals surface area (Å²) in [5.41, 5.74) is -0.999. The lowest BCUT2D eigenvalue weighted by atomic mass is 10.2. The number of nitrogens with zero attached hydrogens (tertiary/aromatic N) is 1. The topological polar surface area (TPSA) is 59.4 Å². The minimum atomic E-state index is -4.81. The molecule has 2 aromatic rings. The summed E-state index contributed by atoms with van der Waals surface area (Å²) in [6, 6.07) is 6.33. The van der Waals surface area contributed by atoms with Crippen molar-refractivity contribution >= 4 is 17.3 Å². The minimum absolute atomic E-state index is 0.0127. The number of carbonyl (C=O) groups is 1. The molecule has 1 N–H and O–H groups in total. The van der Waals surface area contributed by atoms with Crippen LogP contribution in [0.3, 0.4) is 0 Å². The number of benzene rings is 1. The first-order valence-electron chi connectivity index (χ1n) is 5.87. The number of thiazole rings is 1. The Labute approximate surface area is 121 Å². The van der Waals surface area contributed by atoms with Crippen molar-refractivity contribution in [2.45, 2.75) is 13.1 Å². The second-order valence-electron chi connectivity index (χ2n) is 3.96. The quantitative estimate of drug-likeness (QED) is 0.928. The monoisotopic (exact) mass is 317 g/mol. The number of alkyl halides is 3. The fourth-order valence-corrected chi connectivity index (χ4v) is 2.59. The number of aromatic nitrogens is 1. The fraction of sp³-hybridized carbons (Fsp3) is 0.231. The van der Waals surface area contributed by atoms with E-state index in [1.807, 2.05) is 0 Å². The first-order valence-corrected chi connectivity index (χ1v) is 6.69. The Morgan fingerprint density at radius 2 is 2.14 bits per heavy atom. The summed E-state index contributed by atoms with van der Waals surface area (Å²) in [5, 5.41) is 8.86. The molecule has 1 heterocycles. The standard InChI is InChI=1S/C13H10F3NO3S/c1-2-20-8-5-3-4-7(6-8)11-17-10(13(14,15)16)9(21-11)12(18)19/h3-6H,2H2,1H3,(H,18,19). The van der Waals surface area contributed by atoms with Gasteiger partial charge in [0, 0.05) is 5.56 Å². The zero-order valence-corrected chi connectivity index (χ0v) is 11.6. The Morgan fingerprint density at radius 1 is 1.43 bits per heavy atom. The number of halogens is 3. The molecule has 0 unspecified atom stereocenters. The third-order valence-corrected chi connectivity index (χ3v) is 3.57. The van der Waals surface area contributed by atoms with Crippen LogP contribution in [0.4, 0.5) is 13.2 Å². The Balaban J connectivity index is 2.50. The van der Waals surface area contributed by atoms with Gasteiger partial charge in [-0.25, -0.2) is 9.78 Å². The predicted octanol–water partition coefficient (Wildman–Crippen LogP) is 3.93. The van der Waals surface area contributed by atoms with Crippen LogP contribution in [0, 0.1) is 0 Å². The molecule has 1 aromatic carbocycles. The predicted molar refractivity (Wildman–Crippen MR) is 70.7 cm³/mol. The maximum absolute atomic E-state index is 12.8. The lowest BCUT2D eigenvalue weighted by Gasteiger charge is -2.04. The molecule has 0 atom stereocenters. The maximum Gasteiger partial charge on any atom is 0.435 e.